The number of para-hydroxylation sites is 1. The Balaban J connectivity index is 1.69. The maximum atomic E-state index is 11.9. The summed E-state index contributed by atoms with van der Waals surface area (Å²) in [7, 11) is 2.01. The summed E-state index contributed by atoms with van der Waals surface area (Å²) in [5.74, 6) is 0.243. The van der Waals surface area contributed by atoms with Gasteiger partial charge in [0.1, 0.15) is 0 Å². The van der Waals surface area contributed by atoms with Gasteiger partial charge < -0.3 is 20.2 Å². The second-order valence-electron chi connectivity index (χ2n) is 5.27. The van der Waals surface area contributed by atoms with Crippen molar-refractivity contribution in [2.24, 2.45) is 5.92 Å². The molecule has 0 spiro atoms. The van der Waals surface area contributed by atoms with Crippen LogP contribution in [0.25, 0.3) is 0 Å². The molecule has 0 aromatic heterocycles. The lowest BCUT2D eigenvalue weighted by molar-refractivity contribution is 0.198. The van der Waals surface area contributed by atoms with Crippen molar-refractivity contribution in [3.63, 3.8) is 0 Å². The van der Waals surface area contributed by atoms with E-state index in [2.05, 4.69) is 10.2 Å². The van der Waals surface area contributed by atoms with Crippen LogP contribution in [0.4, 0.5) is 10.5 Å². The van der Waals surface area contributed by atoms with Crippen molar-refractivity contribution < 1.29 is 9.90 Å². The smallest absolute Gasteiger partial charge is 0.317 e. The van der Waals surface area contributed by atoms with Crippen molar-refractivity contribution in [1.29, 1.82) is 0 Å². The van der Waals surface area contributed by atoms with E-state index in [4.69, 9.17) is 5.11 Å². The molecule has 1 unspecified atom stereocenters. The minimum Gasteiger partial charge on any atom is -0.396 e. The Bertz CT molecular complexity index is 424. The molecule has 2 amide bonds. The van der Waals surface area contributed by atoms with Gasteiger partial charge in [0.05, 0.1) is 0 Å². The van der Waals surface area contributed by atoms with Gasteiger partial charge in [0.15, 0.2) is 0 Å². The number of amides is 2. The van der Waals surface area contributed by atoms with E-state index in [9.17, 15) is 4.79 Å². The van der Waals surface area contributed by atoms with Crippen LogP contribution in [0.15, 0.2) is 30.3 Å². The molecule has 5 nitrogen and oxygen atoms in total. The Labute approximate surface area is 120 Å². The lowest BCUT2D eigenvalue weighted by Crippen LogP contribution is -2.41. The number of urea groups is 1. The molecular formula is C15H23N3O2. The molecule has 5 heteroatoms. The summed E-state index contributed by atoms with van der Waals surface area (Å²) in [6, 6.07) is 10.1. The van der Waals surface area contributed by atoms with Crippen LogP contribution in [0, 0.1) is 5.92 Å². The lowest BCUT2D eigenvalue weighted by Gasteiger charge is -2.21. The van der Waals surface area contributed by atoms with Crippen molar-refractivity contribution in [1.82, 2.24) is 10.2 Å². The third kappa shape index (κ3) is 3.87. The first-order valence-electron chi connectivity index (χ1n) is 7.10. The number of likely N-dealkylation sites (N-methyl/N-ethyl adjacent to an activating group) is 1. The van der Waals surface area contributed by atoms with E-state index in [1.165, 1.54) is 0 Å². The normalized spacial score (nSPS) is 18.1. The van der Waals surface area contributed by atoms with Crippen molar-refractivity contribution in [3.8, 4) is 0 Å². The first kappa shape index (κ1) is 14.7. The number of carbonyl (C=O) groups is 1. The number of likely N-dealkylation sites (tertiary alicyclic amines) is 1. The highest BCUT2D eigenvalue weighted by Crippen LogP contribution is 2.15. The molecule has 0 aliphatic carbocycles. The summed E-state index contributed by atoms with van der Waals surface area (Å²) < 4.78 is 0. The maximum Gasteiger partial charge on any atom is 0.317 e. The number of nitrogens with one attached hydrogen (secondary N) is 1. The molecule has 1 atom stereocenters. The standard InChI is InChI=1S/C15H23N3O2/c1-17(14-5-3-2-4-6-14)10-8-16-15(20)18-9-7-13(11-18)12-19/h2-6,13,19H,7-12H2,1H3,(H,16,20). The average Bonchev–Trinajstić information content (AvgIpc) is 2.97. The van der Waals surface area contributed by atoms with Crippen LogP contribution in [-0.4, -0.2) is 55.9 Å². The van der Waals surface area contributed by atoms with Gasteiger partial charge in [-0.1, -0.05) is 18.2 Å². The van der Waals surface area contributed by atoms with Gasteiger partial charge in [-0.2, -0.15) is 0 Å². The zero-order valence-corrected chi connectivity index (χ0v) is 12.0. The minimum atomic E-state index is -0.0255. The Kier molecular flexibility index (Phi) is 5.24. The fraction of sp³-hybridized carbons (Fsp3) is 0.533. The van der Waals surface area contributed by atoms with Crippen LogP contribution in [0.3, 0.4) is 0 Å². The van der Waals surface area contributed by atoms with Crippen molar-refractivity contribution >= 4 is 11.7 Å². The van der Waals surface area contributed by atoms with Gasteiger partial charge >= 0.3 is 6.03 Å². The van der Waals surface area contributed by atoms with Gasteiger partial charge in [0, 0.05) is 51.4 Å². The fourth-order valence-electron chi connectivity index (χ4n) is 2.42. The molecule has 0 bridgehead atoms. The highest BCUT2D eigenvalue weighted by Gasteiger charge is 2.25. The summed E-state index contributed by atoms with van der Waals surface area (Å²) in [4.78, 5) is 15.8. The zero-order chi connectivity index (χ0) is 14.4. The topological polar surface area (TPSA) is 55.8 Å². The van der Waals surface area contributed by atoms with Crippen LogP contribution in [0.1, 0.15) is 6.42 Å². The van der Waals surface area contributed by atoms with Gasteiger partial charge in [-0.25, -0.2) is 4.79 Å². The minimum absolute atomic E-state index is 0.0255. The number of anilines is 1. The first-order chi connectivity index (χ1) is 9.70. The van der Waals surface area contributed by atoms with Gasteiger partial charge in [-0.15, -0.1) is 0 Å². The number of aliphatic hydroxyl groups is 1. The van der Waals surface area contributed by atoms with E-state index in [0.29, 0.717) is 13.1 Å². The number of hydrogen-bond donors (Lipinski definition) is 2. The molecule has 0 saturated carbocycles. The van der Waals surface area contributed by atoms with Crippen LogP contribution in [0.2, 0.25) is 0 Å². The van der Waals surface area contributed by atoms with E-state index in [0.717, 1.165) is 25.2 Å². The monoisotopic (exact) mass is 277 g/mol. The van der Waals surface area contributed by atoms with E-state index in [1.54, 1.807) is 4.90 Å². The maximum absolute atomic E-state index is 11.9. The lowest BCUT2D eigenvalue weighted by atomic mass is 10.1. The van der Waals surface area contributed by atoms with E-state index in [1.807, 2.05) is 37.4 Å². The van der Waals surface area contributed by atoms with Crippen molar-refractivity contribution in [3.05, 3.63) is 30.3 Å². The second-order valence-corrected chi connectivity index (χ2v) is 5.27. The highest BCUT2D eigenvalue weighted by atomic mass is 16.3. The fourth-order valence-corrected chi connectivity index (χ4v) is 2.42. The number of aliphatic hydroxyl groups excluding tert-OH is 1. The van der Waals surface area contributed by atoms with Gasteiger partial charge in [0.25, 0.3) is 0 Å². The summed E-state index contributed by atoms with van der Waals surface area (Å²) in [6.07, 6.45) is 0.897. The SMILES string of the molecule is CN(CCNC(=O)N1CCC(CO)C1)c1ccccc1. The number of hydrogen-bond acceptors (Lipinski definition) is 3. The quantitative estimate of drug-likeness (QED) is 0.849. The summed E-state index contributed by atoms with van der Waals surface area (Å²) in [5.41, 5.74) is 1.14. The third-order valence-electron chi connectivity index (χ3n) is 3.75. The van der Waals surface area contributed by atoms with Gasteiger partial charge in [0.2, 0.25) is 0 Å². The van der Waals surface area contributed by atoms with E-state index < -0.39 is 0 Å². The number of carbonyl (C=O) groups excluding carboxylic acids is 1. The molecule has 0 radical (unpaired) electrons. The van der Waals surface area contributed by atoms with Crippen LogP contribution >= 0.6 is 0 Å². The van der Waals surface area contributed by atoms with E-state index in [-0.39, 0.29) is 18.6 Å². The first-order valence-corrected chi connectivity index (χ1v) is 7.10. The molecule has 1 heterocycles. The Morgan fingerprint density at radius 1 is 1.45 bits per heavy atom. The Hall–Kier alpha value is -1.75. The van der Waals surface area contributed by atoms with Crippen LogP contribution < -0.4 is 10.2 Å². The zero-order valence-electron chi connectivity index (χ0n) is 12.0. The van der Waals surface area contributed by atoms with Crippen molar-refractivity contribution in [2.75, 3.05) is 44.7 Å². The molecule has 2 N–H and O–H groups in total. The molecular weight excluding hydrogens is 254 g/mol. The molecule has 1 aliphatic rings. The molecule has 20 heavy (non-hydrogen) atoms. The molecule has 2 rings (SSSR count). The largest absolute Gasteiger partial charge is 0.396 e. The summed E-state index contributed by atoms with van der Waals surface area (Å²) >= 11 is 0. The molecule has 1 fully saturated rings. The average molecular weight is 277 g/mol. The second kappa shape index (κ2) is 7.14. The third-order valence-corrected chi connectivity index (χ3v) is 3.75. The van der Waals surface area contributed by atoms with E-state index >= 15 is 0 Å². The van der Waals surface area contributed by atoms with Gasteiger partial charge in [-0.05, 0) is 18.6 Å². The predicted octanol–water partition coefficient (Wildman–Crippen LogP) is 1.15. The van der Waals surface area contributed by atoms with Crippen LogP contribution in [0.5, 0.6) is 0 Å². The Morgan fingerprint density at radius 3 is 2.85 bits per heavy atom. The molecule has 1 aromatic rings. The molecule has 1 aromatic carbocycles. The molecule has 110 valence electrons. The number of nitrogens with zero attached hydrogens (tertiary/aromatic N) is 2. The Morgan fingerprint density at radius 2 is 2.20 bits per heavy atom. The predicted molar refractivity (Wildman–Crippen MR) is 79.9 cm³/mol. The number of benzene rings is 1. The number of rotatable bonds is 5. The van der Waals surface area contributed by atoms with Crippen LogP contribution in [-0.2, 0) is 0 Å². The molecule has 1 aliphatic heterocycles. The van der Waals surface area contributed by atoms with Crippen molar-refractivity contribution in [2.45, 2.75) is 6.42 Å². The molecule has 1 saturated heterocycles. The highest BCUT2D eigenvalue weighted by molar-refractivity contribution is 5.74. The van der Waals surface area contributed by atoms with Gasteiger partial charge in [-0.3, -0.25) is 0 Å². The summed E-state index contributed by atoms with van der Waals surface area (Å²) in [5, 5.41) is 12.0. The summed E-state index contributed by atoms with van der Waals surface area (Å²) in [6.45, 7) is 2.96.